The molecule has 222 valence electrons. The SMILES string of the molecule is CC1(C)c2ccccc2-c2c(-n3c4ccccc4c4cc(-c5ccc6c(c5)c5ccccc5n6-c5ccccc5)ccc43)cccc21. The van der Waals surface area contributed by atoms with E-state index in [0.717, 1.165) is 0 Å². The number of benzene rings is 7. The van der Waals surface area contributed by atoms with Gasteiger partial charge in [0.25, 0.3) is 0 Å². The minimum absolute atomic E-state index is 0.0455. The number of hydrogen-bond donors (Lipinski definition) is 0. The summed E-state index contributed by atoms with van der Waals surface area (Å²) in [6.45, 7) is 4.71. The third-order valence-corrected chi connectivity index (χ3v) is 10.5. The molecule has 0 radical (unpaired) electrons. The third-order valence-electron chi connectivity index (χ3n) is 10.5. The second-order valence-corrected chi connectivity index (χ2v) is 13.4. The Labute approximate surface area is 273 Å². The summed E-state index contributed by atoms with van der Waals surface area (Å²) in [4.78, 5) is 0. The molecule has 2 aromatic heterocycles. The molecule has 10 rings (SSSR count). The summed E-state index contributed by atoms with van der Waals surface area (Å²) in [7, 11) is 0. The van der Waals surface area contributed by atoms with Crippen molar-refractivity contribution in [3.63, 3.8) is 0 Å². The van der Waals surface area contributed by atoms with Crippen molar-refractivity contribution in [1.29, 1.82) is 0 Å². The van der Waals surface area contributed by atoms with Crippen molar-refractivity contribution in [1.82, 2.24) is 9.13 Å². The molecule has 0 spiro atoms. The van der Waals surface area contributed by atoms with Gasteiger partial charge in [0.15, 0.2) is 0 Å². The van der Waals surface area contributed by atoms with Crippen molar-refractivity contribution in [2.75, 3.05) is 0 Å². The molecule has 0 N–H and O–H groups in total. The number of aromatic nitrogens is 2. The molecule has 0 saturated carbocycles. The molecule has 2 nitrogen and oxygen atoms in total. The zero-order valence-corrected chi connectivity index (χ0v) is 26.4. The van der Waals surface area contributed by atoms with Gasteiger partial charge >= 0.3 is 0 Å². The minimum Gasteiger partial charge on any atom is -0.309 e. The lowest BCUT2D eigenvalue weighted by molar-refractivity contribution is 0.660. The molecule has 2 heterocycles. The average molecular weight is 601 g/mol. The van der Waals surface area contributed by atoms with E-state index >= 15 is 0 Å². The molecule has 0 aliphatic heterocycles. The van der Waals surface area contributed by atoms with E-state index < -0.39 is 0 Å². The fourth-order valence-electron chi connectivity index (χ4n) is 8.34. The third kappa shape index (κ3) is 3.61. The first-order chi connectivity index (χ1) is 23.1. The first-order valence-corrected chi connectivity index (χ1v) is 16.5. The maximum absolute atomic E-state index is 2.49. The van der Waals surface area contributed by atoms with Crippen LogP contribution in [0.5, 0.6) is 0 Å². The molecule has 2 heteroatoms. The molecule has 1 aliphatic carbocycles. The molecule has 47 heavy (non-hydrogen) atoms. The Hall–Kier alpha value is -5.86. The van der Waals surface area contributed by atoms with E-state index in [-0.39, 0.29) is 5.41 Å². The molecule has 0 saturated heterocycles. The van der Waals surface area contributed by atoms with Gasteiger partial charge in [-0.1, -0.05) is 117 Å². The Balaban J connectivity index is 1.20. The summed E-state index contributed by atoms with van der Waals surface area (Å²) in [5.41, 5.74) is 15.2. The Kier molecular flexibility index (Phi) is 5.37. The van der Waals surface area contributed by atoms with Crippen LogP contribution in [0.4, 0.5) is 0 Å². The van der Waals surface area contributed by atoms with Crippen LogP contribution in [0.3, 0.4) is 0 Å². The van der Waals surface area contributed by atoms with Crippen molar-refractivity contribution in [2.24, 2.45) is 0 Å². The summed E-state index contributed by atoms with van der Waals surface area (Å²) in [6, 6.07) is 58.0. The highest BCUT2D eigenvalue weighted by atomic mass is 15.0. The number of rotatable bonds is 3. The van der Waals surface area contributed by atoms with E-state index in [2.05, 4.69) is 181 Å². The summed E-state index contributed by atoms with van der Waals surface area (Å²) in [5, 5.41) is 5.08. The van der Waals surface area contributed by atoms with Crippen LogP contribution in [0.1, 0.15) is 25.0 Å². The monoisotopic (exact) mass is 600 g/mol. The zero-order valence-electron chi connectivity index (χ0n) is 26.4. The van der Waals surface area contributed by atoms with E-state index in [1.54, 1.807) is 0 Å². The average Bonchev–Trinajstić information content (AvgIpc) is 3.72. The first kappa shape index (κ1) is 26.4. The van der Waals surface area contributed by atoms with E-state index in [4.69, 9.17) is 0 Å². The van der Waals surface area contributed by atoms with Gasteiger partial charge in [-0.2, -0.15) is 0 Å². The van der Waals surface area contributed by atoms with Gasteiger partial charge < -0.3 is 9.13 Å². The van der Waals surface area contributed by atoms with E-state index in [9.17, 15) is 0 Å². The maximum Gasteiger partial charge on any atom is 0.0543 e. The van der Waals surface area contributed by atoms with Gasteiger partial charge in [-0.05, 0) is 82.4 Å². The van der Waals surface area contributed by atoms with E-state index in [1.807, 2.05) is 0 Å². The van der Waals surface area contributed by atoms with Crippen molar-refractivity contribution >= 4 is 43.6 Å². The van der Waals surface area contributed by atoms with E-state index in [1.165, 1.54) is 88.4 Å². The van der Waals surface area contributed by atoms with Crippen molar-refractivity contribution in [3.05, 3.63) is 169 Å². The van der Waals surface area contributed by atoms with Crippen LogP contribution in [0, 0.1) is 0 Å². The van der Waals surface area contributed by atoms with Gasteiger partial charge in [-0.15, -0.1) is 0 Å². The van der Waals surface area contributed by atoms with Gasteiger partial charge in [0, 0.05) is 38.2 Å². The Bertz CT molecular complexity index is 2700. The molecule has 7 aromatic carbocycles. The first-order valence-electron chi connectivity index (χ1n) is 16.5. The molecule has 0 amide bonds. The fraction of sp³-hybridized carbons (Fsp3) is 0.0667. The lowest BCUT2D eigenvalue weighted by Gasteiger charge is -2.21. The smallest absolute Gasteiger partial charge is 0.0543 e. The van der Waals surface area contributed by atoms with Crippen molar-refractivity contribution in [2.45, 2.75) is 19.3 Å². The van der Waals surface area contributed by atoms with Crippen LogP contribution in [-0.2, 0) is 5.41 Å². The van der Waals surface area contributed by atoms with E-state index in [0.29, 0.717) is 0 Å². The van der Waals surface area contributed by atoms with Crippen LogP contribution in [0.25, 0.3) is 77.2 Å². The van der Waals surface area contributed by atoms with Crippen LogP contribution in [0.2, 0.25) is 0 Å². The van der Waals surface area contributed by atoms with Crippen molar-refractivity contribution in [3.8, 4) is 33.6 Å². The topological polar surface area (TPSA) is 9.86 Å². The normalized spacial score (nSPS) is 13.5. The summed E-state index contributed by atoms with van der Waals surface area (Å²) in [6.07, 6.45) is 0. The van der Waals surface area contributed by atoms with Gasteiger partial charge in [0.05, 0.1) is 27.8 Å². The maximum atomic E-state index is 2.49. The molecule has 9 aromatic rings. The molecule has 0 fully saturated rings. The predicted octanol–water partition coefficient (Wildman–Crippen LogP) is 11.9. The van der Waals surface area contributed by atoms with Crippen LogP contribution in [0.15, 0.2) is 158 Å². The molecule has 0 atom stereocenters. The Morgan fingerprint density at radius 2 is 0.936 bits per heavy atom. The standard InChI is InChI=1S/C45H32N2/c1-45(2)37-18-9-6-17-34(37)44-38(45)19-12-22-43(44)47-40-21-11-8-16-33(40)36-28-30(24-26-42(36)47)29-23-25-41-35(27-29)32-15-7-10-20-39(32)46(41)31-13-4-3-5-14-31/h3-28H,1-2H3. The van der Waals surface area contributed by atoms with Gasteiger partial charge in [0.1, 0.15) is 0 Å². The van der Waals surface area contributed by atoms with Crippen LogP contribution in [-0.4, -0.2) is 9.13 Å². The lowest BCUT2D eigenvalue weighted by atomic mass is 9.82. The van der Waals surface area contributed by atoms with Gasteiger partial charge in [0.2, 0.25) is 0 Å². The lowest BCUT2D eigenvalue weighted by Crippen LogP contribution is -2.14. The quantitative estimate of drug-likeness (QED) is 0.191. The highest BCUT2D eigenvalue weighted by Crippen LogP contribution is 2.51. The zero-order chi connectivity index (χ0) is 31.3. The highest BCUT2D eigenvalue weighted by Gasteiger charge is 2.37. The summed E-state index contributed by atoms with van der Waals surface area (Å²) >= 11 is 0. The minimum atomic E-state index is -0.0455. The second kappa shape index (κ2) is 9.57. The summed E-state index contributed by atoms with van der Waals surface area (Å²) < 4.78 is 4.87. The molecule has 0 unspecified atom stereocenters. The van der Waals surface area contributed by atoms with Gasteiger partial charge in [-0.25, -0.2) is 0 Å². The molecular weight excluding hydrogens is 569 g/mol. The van der Waals surface area contributed by atoms with Crippen LogP contribution >= 0.6 is 0 Å². The number of hydrogen-bond acceptors (Lipinski definition) is 0. The molecule has 1 aliphatic rings. The van der Waals surface area contributed by atoms with Gasteiger partial charge in [-0.3, -0.25) is 0 Å². The fourth-order valence-corrected chi connectivity index (χ4v) is 8.34. The largest absolute Gasteiger partial charge is 0.309 e. The predicted molar refractivity (Wildman–Crippen MR) is 198 cm³/mol. The number of nitrogens with zero attached hydrogens (tertiary/aromatic N) is 2. The Morgan fingerprint density at radius 1 is 0.404 bits per heavy atom. The van der Waals surface area contributed by atoms with Crippen molar-refractivity contribution < 1.29 is 0 Å². The second-order valence-electron chi connectivity index (χ2n) is 13.4. The highest BCUT2D eigenvalue weighted by molar-refractivity contribution is 6.13. The van der Waals surface area contributed by atoms with Crippen LogP contribution < -0.4 is 0 Å². The molecule has 0 bridgehead atoms. The number of fused-ring (bicyclic) bond motifs is 9. The Morgan fingerprint density at radius 3 is 1.64 bits per heavy atom. The molecular formula is C45H32N2. The number of para-hydroxylation sites is 3. The summed E-state index contributed by atoms with van der Waals surface area (Å²) in [5.74, 6) is 0.